The first-order valence-electron chi connectivity index (χ1n) is 8.11. The minimum atomic E-state index is 0.254. The summed E-state index contributed by atoms with van der Waals surface area (Å²) in [5, 5.41) is 3.78. The van der Waals surface area contributed by atoms with Gasteiger partial charge in [-0.05, 0) is 36.8 Å². The van der Waals surface area contributed by atoms with Crippen molar-refractivity contribution in [1.82, 2.24) is 10.2 Å². The maximum atomic E-state index is 3.78. The first kappa shape index (κ1) is 16.9. The molecule has 1 aromatic carbocycles. The molecule has 1 aliphatic heterocycles. The summed E-state index contributed by atoms with van der Waals surface area (Å²) in [6.45, 7) is 10.4. The first-order valence-corrected chi connectivity index (χ1v) is 9.50. The topological polar surface area (TPSA) is 15.3 Å². The molecule has 0 aromatic heterocycles. The van der Waals surface area contributed by atoms with Crippen LogP contribution in [-0.2, 0) is 0 Å². The summed E-state index contributed by atoms with van der Waals surface area (Å²) in [4.78, 5) is 2.70. The molecule has 1 fully saturated rings. The Hall–Kier alpha value is -0.510. The number of hydrogen-bond acceptors (Lipinski definition) is 3. The first-order chi connectivity index (χ1) is 10.1. The molecule has 2 rings (SSSR count). The molecule has 3 unspecified atom stereocenters. The maximum absolute atomic E-state index is 3.78. The molecule has 2 nitrogen and oxygen atoms in total. The van der Waals surface area contributed by atoms with Crippen molar-refractivity contribution in [2.75, 3.05) is 31.6 Å². The van der Waals surface area contributed by atoms with E-state index >= 15 is 0 Å². The molecule has 0 amide bonds. The van der Waals surface area contributed by atoms with E-state index in [1.165, 1.54) is 24.3 Å². The monoisotopic (exact) mass is 306 g/mol. The third kappa shape index (κ3) is 4.48. The molecule has 0 aliphatic carbocycles. The van der Waals surface area contributed by atoms with Gasteiger partial charge in [-0.15, -0.1) is 0 Å². The van der Waals surface area contributed by atoms with Crippen LogP contribution in [0.2, 0.25) is 0 Å². The summed E-state index contributed by atoms with van der Waals surface area (Å²) in [6, 6.07) is 11.5. The molecular weight excluding hydrogens is 276 g/mol. The van der Waals surface area contributed by atoms with Gasteiger partial charge in [0.05, 0.1) is 0 Å². The van der Waals surface area contributed by atoms with Gasteiger partial charge in [0.2, 0.25) is 0 Å². The highest BCUT2D eigenvalue weighted by atomic mass is 32.2. The average molecular weight is 307 g/mol. The van der Waals surface area contributed by atoms with Gasteiger partial charge in [-0.1, -0.05) is 44.2 Å². The lowest BCUT2D eigenvalue weighted by Crippen LogP contribution is -2.60. The Morgan fingerprint density at radius 1 is 1.38 bits per heavy atom. The van der Waals surface area contributed by atoms with E-state index in [2.05, 4.69) is 67.6 Å². The minimum Gasteiger partial charge on any atom is -0.308 e. The summed E-state index contributed by atoms with van der Waals surface area (Å²) in [6.07, 6.45) is 3.39. The second-order valence-electron chi connectivity index (χ2n) is 6.71. The van der Waals surface area contributed by atoms with Gasteiger partial charge >= 0.3 is 0 Å². The van der Waals surface area contributed by atoms with Gasteiger partial charge in [0.1, 0.15) is 0 Å². The highest BCUT2D eigenvalue weighted by Gasteiger charge is 2.35. The average Bonchev–Trinajstić information content (AvgIpc) is 2.48. The highest BCUT2D eigenvalue weighted by Crippen LogP contribution is 2.29. The quantitative estimate of drug-likeness (QED) is 0.860. The Labute approximate surface area is 134 Å². The maximum Gasteiger partial charge on any atom is 0.0473 e. The molecule has 0 radical (unpaired) electrons. The fourth-order valence-corrected chi connectivity index (χ4v) is 3.93. The van der Waals surface area contributed by atoms with Crippen molar-refractivity contribution in [1.29, 1.82) is 0 Å². The molecule has 1 N–H and O–H groups in total. The smallest absolute Gasteiger partial charge is 0.0473 e. The van der Waals surface area contributed by atoms with Crippen molar-refractivity contribution in [3.05, 3.63) is 35.9 Å². The fourth-order valence-electron chi connectivity index (χ4n) is 3.26. The Bertz CT molecular complexity index is 422. The van der Waals surface area contributed by atoms with Gasteiger partial charge < -0.3 is 5.32 Å². The van der Waals surface area contributed by atoms with E-state index in [1.807, 2.05) is 11.8 Å². The van der Waals surface area contributed by atoms with Crippen LogP contribution in [0.15, 0.2) is 30.3 Å². The lowest BCUT2D eigenvalue weighted by Gasteiger charge is -2.47. The highest BCUT2D eigenvalue weighted by molar-refractivity contribution is 7.98. The van der Waals surface area contributed by atoms with Gasteiger partial charge in [-0.25, -0.2) is 0 Å². The van der Waals surface area contributed by atoms with Crippen LogP contribution in [0.5, 0.6) is 0 Å². The van der Waals surface area contributed by atoms with E-state index < -0.39 is 0 Å². The van der Waals surface area contributed by atoms with Crippen LogP contribution in [0.4, 0.5) is 0 Å². The van der Waals surface area contributed by atoms with E-state index in [0.717, 1.165) is 19.0 Å². The summed E-state index contributed by atoms with van der Waals surface area (Å²) in [7, 11) is 0. The largest absolute Gasteiger partial charge is 0.308 e. The second kappa shape index (κ2) is 7.66. The summed E-state index contributed by atoms with van der Waals surface area (Å²) in [5.74, 6) is 1.99. The van der Waals surface area contributed by atoms with Gasteiger partial charge in [0.25, 0.3) is 0 Å². The predicted octanol–water partition coefficient (Wildman–Crippen LogP) is 3.80. The molecule has 21 heavy (non-hydrogen) atoms. The SMILES string of the molecule is CCC1(C)CN(CC(C)CSC)C(c2ccccc2)CN1. The van der Waals surface area contributed by atoms with Crippen molar-refractivity contribution >= 4 is 11.8 Å². The van der Waals surface area contributed by atoms with Crippen LogP contribution in [0.1, 0.15) is 38.8 Å². The third-order valence-corrected chi connectivity index (χ3v) is 5.58. The number of nitrogens with one attached hydrogen (secondary N) is 1. The predicted molar refractivity (Wildman–Crippen MR) is 95.0 cm³/mol. The van der Waals surface area contributed by atoms with Crippen molar-refractivity contribution in [2.24, 2.45) is 5.92 Å². The van der Waals surface area contributed by atoms with Crippen LogP contribution in [-0.4, -0.2) is 42.1 Å². The van der Waals surface area contributed by atoms with Crippen LogP contribution < -0.4 is 5.32 Å². The molecule has 0 bridgehead atoms. The number of benzene rings is 1. The van der Waals surface area contributed by atoms with Crippen molar-refractivity contribution in [3.63, 3.8) is 0 Å². The summed E-state index contributed by atoms with van der Waals surface area (Å²) < 4.78 is 0. The van der Waals surface area contributed by atoms with Crippen molar-refractivity contribution in [3.8, 4) is 0 Å². The second-order valence-corrected chi connectivity index (χ2v) is 7.62. The van der Waals surface area contributed by atoms with Crippen LogP contribution >= 0.6 is 11.8 Å². The van der Waals surface area contributed by atoms with E-state index in [4.69, 9.17) is 0 Å². The third-order valence-electron chi connectivity index (χ3n) is 4.68. The van der Waals surface area contributed by atoms with Gasteiger partial charge in [-0.3, -0.25) is 4.90 Å². The van der Waals surface area contributed by atoms with Crippen LogP contribution in [0.3, 0.4) is 0 Å². The zero-order valence-electron chi connectivity index (χ0n) is 13.9. The van der Waals surface area contributed by atoms with Crippen LogP contribution in [0.25, 0.3) is 0 Å². The fraction of sp³-hybridized carbons (Fsp3) is 0.667. The zero-order chi connectivity index (χ0) is 15.3. The molecule has 3 atom stereocenters. The Balaban J connectivity index is 2.14. The number of piperazine rings is 1. The van der Waals surface area contributed by atoms with Gasteiger partial charge in [0, 0.05) is 31.2 Å². The molecule has 1 aliphatic rings. The summed E-state index contributed by atoms with van der Waals surface area (Å²) >= 11 is 1.96. The molecule has 1 aromatic rings. The zero-order valence-corrected chi connectivity index (χ0v) is 14.7. The Kier molecular flexibility index (Phi) is 6.15. The summed E-state index contributed by atoms with van der Waals surface area (Å²) in [5.41, 5.74) is 1.70. The number of nitrogens with zero attached hydrogens (tertiary/aromatic N) is 1. The molecule has 1 saturated heterocycles. The standard InChI is InChI=1S/C18H30N2S/c1-5-18(3)14-20(12-15(2)13-21-4)17(11-19-18)16-9-7-6-8-10-16/h6-10,15,17,19H,5,11-14H2,1-4H3. The van der Waals surface area contributed by atoms with Crippen molar-refractivity contribution < 1.29 is 0 Å². The van der Waals surface area contributed by atoms with Crippen LogP contribution in [0, 0.1) is 5.92 Å². The van der Waals surface area contributed by atoms with E-state index in [0.29, 0.717) is 6.04 Å². The molecular formula is C18H30N2S. The normalized spacial score (nSPS) is 28.5. The Morgan fingerprint density at radius 2 is 2.10 bits per heavy atom. The lowest BCUT2D eigenvalue weighted by molar-refractivity contribution is 0.0741. The van der Waals surface area contributed by atoms with Gasteiger partial charge in [0.15, 0.2) is 0 Å². The Morgan fingerprint density at radius 3 is 2.71 bits per heavy atom. The van der Waals surface area contributed by atoms with Crippen molar-refractivity contribution in [2.45, 2.75) is 38.8 Å². The van der Waals surface area contributed by atoms with E-state index in [9.17, 15) is 0 Å². The number of rotatable bonds is 6. The van der Waals surface area contributed by atoms with E-state index in [-0.39, 0.29) is 5.54 Å². The molecule has 1 heterocycles. The molecule has 118 valence electrons. The van der Waals surface area contributed by atoms with Gasteiger partial charge in [-0.2, -0.15) is 11.8 Å². The van der Waals surface area contributed by atoms with E-state index in [1.54, 1.807) is 0 Å². The minimum absolute atomic E-state index is 0.254. The number of thioether (sulfide) groups is 1. The lowest BCUT2D eigenvalue weighted by atomic mass is 9.90. The number of hydrogen-bond donors (Lipinski definition) is 1. The molecule has 0 spiro atoms. The molecule has 3 heteroatoms. The molecule has 0 saturated carbocycles.